The molecule has 0 radical (unpaired) electrons. The Balaban J connectivity index is 1.16. The highest BCUT2D eigenvalue weighted by atomic mass is 32.2. The molecule has 1 aliphatic heterocycles. The van der Waals surface area contributed by atoms with Gasteiger partial charge in [-0.3, -0.25) is 0 Å². The van der Waals surface area contributed by atoms with Crippen molar-refractivity contribution in [1.29, 1.82) is 0 Å². The molecule has 48 heavy (non-hydrogen) atoms. The van der Waals surface area contributed by atoms with Crippen molar-refractivity contribution in [3.8, 4) is 28.6 Å². The Hall–Kier alpha value is -4.78. The molecule has 3 aromatic carbocycles. The summed E-state index contributed by atoms with van der Waals surface area (Å²) in [5.74, 6) is 2.12. The van der Waals surface area contributed by atoms with E-state index < -0.39 is 6.36 Å². The number of carbonyl (C=O) groups is 1. The lowest BCUT2D eigenvalue weighted by molar-refractivity contribution is -0.274. The Morgan fingerprint density at radius 1 is 0.979 bits per heavy atom. The fourth-order valence-corrected chi connectivity index (χ4v) is 6.78. The number of hydrogen-bond acceptors (Lipinski definition) is 6. The average molecular weight is 677 g/mol. The van der Waals surface area contributed by atoms with Crippen molar-refractivity contribution < 1.29 is 27.4 Å². The number of nitrogens with one attached hydrogen (secondary N) is 1. The summed E-state index contributed by atoms with van der Waals surface area (Å²) in [7, 11) is 1.66. The van der Waals surface area contributed by atoms with Gasteiger partial charge in [-0.05, 0) is 90.8 Å². The van der Waals surface area contributed by atoms with Crippen LogP contribution in [0.25, 0.3) is 22.6 Å². The average Bonchev–Trinajstić information content (AvgIpc) is 3.75. The molecule has 13 heteroatoms. The zero-order valence-corrected chi connectivity index (χ0v) is 27.6. The minimum atomic E-state index is -4.75. The highest BCUT2D eigenvalue weighted by Crippen LogP contribution is 2.36. The standard InChI is InChI=1S/C35H35F3N6O3S/c1-22(2)29-20-27(46-3)16-17-31(29)43-18-5-19-48-34(43)41-33(45)40-30-7-4-6-28(30)23-8-10-24(11-9-23)32-39-21-44(42-32)25-12-14-26(15-13-25)47-35(36,37)38/h8-17,20-22H,4-7,18-19H2,1-3H3,(H,40,45)/b41-34-. The molecule has 0 unspecified atom stereocenters. The number of urea groups is 1. The number of carbonyl (C=O) groups excluding carboxylic acids is 1. The van der Waals surface area contributed by atoms with Crippen LogP contribution in [0.2, 0.25) is 0 Å². The number of halogens is 3. The van der Waals surface area contributed by atoms with E-state index in [2.05, 4.69) is 49.9 Å². The fraction of sp³-hybridized carbons (Fsp3) is 0.314. The van der Waals surface area contributed by atoms with E-state index in [0.717, 1.165) is 77.4 Å². The summed E-state index contributed by atoms with van der Waals surface area (Å²) in [6, 6.07) is 18.8. The number of benzene rings is 3. The summed E-state index contributed by atoms with van der Waals surface area (Å²) < 4.78 is 48.3. The summed E-state index contributed by atoms with van der Waals surface area (Å²) in [6.07, 6.45) is 0.240. The maximum Gasteiger partial charge on any atom is 0.573 e. The minimum Gasteiger partial charge on any atom is -0.497 e. The molecule has 0 atom stereocenters. The summed E-state index contributed by atoms with van der Waals surface area (Å²) in [5, 5.41) is 8.26. The Labute approximate surface area is 280 Å². The van der Waals surface area contributed by atoms with Crippen LogP contribution in [0.3, 0.4) is 0 Å². The van der Waals surface area contributed by atoms with Crippen LogP contribution in [0, 0.1) is 0 Å². The number of allylic oxidation sites excluding steroid dienone is 2. The van der Waals surface area contributed by atoms with Crippen LogP contribution >= 0.6 is 11.8 Å². The third-order valence-electron chi connectivity index (χ3n) is 8.13. The van der Waals surface area contributed by atoms with Crippen LogP contribution in [0.15, 0.2) is 83.7 Å². The van der Waals surface area contributed by atoms with Crippen molar-refractivity contribution >= 4 is 34.2 Å². The first kappa shape index (κ1) is 33.1. The molecule has 4 aromatic rings. The monoisotopic (exact) mass is 676 g/mol. The van der Waals surface area contributed by atoms with Gasteiger partial charge in [0.25, 0.3) is 0 Å². The zero-order valence-electron chi connectivity index (χ0n) is 26.8. The first-order valence-corrected chi connectivity index (χ1v) is 16.6. The van der Waals surface area contributed by atoms with E-state index in [1.54, 1.807) is 18.9 Å². The van der Waals surface area contributed by atoms with E-state index in [-0.39, 0.29) is 17.7 Å². The topological polar surface area (TPSA) is 93.9 Å². The molecule has 2 aliphatic rings. The smallest absolute Gasteiger partial charge is 0.497 e. The number of alkyl halides is 3. The van der Waals surface area contributed by atoms with Crippen molar-refractivity contribution in [2.24, 2.45) is 4.99 Å². The number of nitrogens with zero attached hydrogens (tertiary/aromatic N) is 5. The fourth-order valence-electron chi connectivity index (χ4n) is 5.83. The van der Waals surface area contributed by atoms with Crippen LogP contribution in [-0.4, -0.2) is 51.7 Å². The van der Waals surface area contributed by atoms with Crippen molar-refractivity contribution in [2.75, 3.05) is 24.3 Å². The predicted molar refractivity (Wildman–Crippen MR) is 182 cm³/mol. The number of rotatable bonds is 8. The van der Waals surface area contributed by atoms with Crippen LogP contribution in [-0.2, 0) is 0 Å². The lowest BCUT2D eigenvalue weighted by Gasteiger charge is -2.32. The third kappa shape index (κ3) is 7.67. The van der Waals surface area contributed by atoms with Crippen LogP contribution < -0.4 is 19.7 Å². The van der Waals surface area contributed by atoms with Gasteiger partial charge in [-0.15, -0.1) is 18.3 Å². The Morgan fingerprint density at radius 2 is 1.71 bits per heavy atom. The molecule has 9 nitrogen and oxygen atoms in total. The Morgan fingerprint density at radius 3 is 2.42 bits per heavy atom. The van der Waals surface area contributed by atoms with Gasteiger partial charge in [0.15, 0.2) is 11.0 Å². The molecule has 2 amide bonds. The highest BCUT2D eigenvalue weighted by molar-refractivity contribution is 8.14. The van der Waals surface area contributed by atoms with Crippen molar-refractivity contribution in [3.05, 3.63) is 89.9 Å². The van der Waals surface area contributed by atoms with E-state index >= 15 is 0 Å². The van der Waals surface area contributed by atoms with Crippen molar-refractivity contribution in [3.63, 3.8) is 0 Å². The summed E-state index contributed by atoms with van der Waals surface area (Å²) in [6.45, 7) is 5.07. The van der Waals surface area contributed by atoms with E-state index in [4.69, 9.17) is 4.74 Å². The highest BCUT2D eigenvalue weighted by Gasteiger charge is 2.31. The molecule has 1 saturated heterocycles. The predicted octanol–water partition coefficient (Wildman–Crippen LogP) is 8.57. The molecule has 1 N–H and O–H groups in total. The minimum absolute atomic E-state index is 0.267. The molecule has 0 spiro atoms. The van der Waals surface area contributed by atoms with Gasteiger partial charge in [0.2, 0.25) is 0 Å². The van der Waals surface area contributed by atoms with E-state index in [1.165, 1.54) is 35.3 Å². The van der Waals surface area contributed by atoms with Gasteiger partial charge in [0.05, 0.1) is 12.8 Å². The number of hydrogen-bond donors (Lipinski definition) is 1. The summed E-state index contributed by atoms with van der Waals surface area (Å²) in [4.78, 5) is 24.4. The van der Waals surface area contributed by atoms with Gasteiger partial charge in [-0.25, -0.2) is 14.5 Å². The second-order valence-electron chi connectivity index (χ2n) is 11.7. The van der Waals surface area contributed by atoms with E-state index in [1.807, 2.05) is 36.4 Å². The zero-order chi connectivity index (χ0) is 33.8. The lowest BCUT2D eigenvalue weighted by atomic mass is 10.00. The first-order chi connectivity index (χ1) is 23.1. The molecule has 6 rings (SSSR count). The number of ether oxygens (including phenoxy) is 2. The molecule has 1 aliphatic carbocycles. The van der Waals surface area contributed by atoms with Gasteiger partial charge in [-0.2, -0.15) is 4.99 Å². The van der Waals surface area contributed by atoms with Crippen molar-refractivity contribution in [1.82, 2.24) is 20.1 Å². The van der Waals surface area contributed by atoms with Crippen LogP contribution in [0.5, 0.6) is 11.5 Å². The number of anilines is 1. The van der Waals surface area contributed by atoms with Crippen LogP contribution in [0.4, 0.5) is 23.7 Å². The molecule has 1 fully saturated rings. The number of amides is 2. The van der Waals surface area contributed by atoms with E-state index in [9.17, 15) is 18.0 Å². The van der Waals surface area contributed by atoms with Gasteiger partial charge in [0, 0.05) is 29.2 Å². The molecule has 2 heterocycles. The van der Waals surface area contributed by atoms with Crippen molar-refractivity contribution in [2.45, 2.75) is 51.8 Å². The van der Waals surface area contributed by atoms with Gasteiger partial charge < -0.3 is 19.7 Å². The number of methoxy groups -OCH3 is 1. The Kier molecular flexibility index (Phi) is 9.76. The number of aromatic nitrogens is 3. The third-order valence-corrected chi connectivity index (χ3v) is 9.19. The van der Waals surface area contributed by atoms with Crippen LogP contribution in [0.1, 0.15) is 56.6 Å². The van der Waals surface area contributed by atoms with Gasteiger partial charge in [0.1, 0.15) is 17.8 Å². The number of thioether (sulfide) groups is 1. The maximum absolute atomic E-state index is 13.3. The molecule has 250 valence electrons. The van der Waals surface area contributed by atoms with Gasteiger partial charge in [-0.1, -0.05) is 49.9 Å². The lowest BCUT2D eigenvalue weighted by Crippen LogP contribution is -2.36. The SMILES string of the molecule is COc1ccc(N2CCCS/C2=N\C(=O)NC2=C(c3ccc(-c4ncn(-c5ccc(OC(F)(F)F)cc5)n4)cc3)CCC2)c(C(C)C)c1. The van der Waals surface area contributed by atoms with Gasteiger partial charge >= 0.3 is 12.4 Å². The largest absolute Gasteiger partial charge is 0.573 e. The number of amidine groups is 1. The Bertz CT molecular complexity index is 1840. The van der Waals surface area contributed by atoms with E-state index in [0.29, 0.717) is 16.7 Å². The summed E-state index contributed by atoms with van der Waals surface area (Å²) in [5.41, 5.74) is 6.44. The molecule has 0 saturated carbocycles. The second-order valence-corrected chi connectivity index (χ2v) is 12.8. The first-order valence-electron chi connectivity index (χ1n) is 15.7. The molecule has 0 bridgehead atoms. The maximum atomic E-state index is 13.3. The second kappa shape index (κ2) is 14.1. The normalized spacial score (nSPS) is 16.1. The molecular weight excluding hydrogens is 641 g/mol. The summed E-state index contributed by atoms with van der Waals surface area (Å²) >= 11 is 1.59. The quantitative estimate of drug-likeness (QED) is 0.200. The number of aliphatic imine (C=N–C) groups is 1. The molecule has 1 aromatic heterocycles. The molecular formula is C35H35F3N6O3S.